The van der Waals surface area contributed by atoms with E-state index in [-0.39, 0.29) is 26.3 Å². The molecule has 0 atom stereocenters. The summed E-state index contributed by atoms with van der Waals surface area (Å²) in [5.41, 5.74) is 3.47. The normalized spacial score (nSPS) is 12.4. The summed E-state index contributed by atoms with van der Waals surface area (Å²) in [7, 11) is -7.14. The van der Waals surface area contributed by atoms with Crippen molar-refractivity contribution in [1.82, 2.24) is 0 Å². The second kappa shape index (κ2) is 11.2. The number of aliphatic imine (C=N–C) groups is 1. The van der Waals surface area contributed by atoms with Gasteiger partial charge in [0.05, 0.1) is 31.4 Å². The van der Waals surface area contributed by atoms with Gasteiger partial charge in [-0.15, -0.1) is 0 Å². The lowest BCUT2D eigenvalue weighted by Crippen LogP contribution is -2.32. The molecule has 0 saturated carbocycles. The Morgan fingerprint density at radius 3 is 2.10 bits per heavy atom. The van der Waals surface area contributed by atoms with E-state index in [1.807, 2.05) is 49.4 Å². The van der Waals surface area contributed by atoms with Crippen LogP contribution in [0, 0.1) is 6.92 Å². The SMILES string of the molecule is Cc1cc(N(CCOS(C)(=O)=O)CCOS(C)(=O)=O)ccc1C=Nc1cccc(Br)c1. The lowest BCUT2D eigenvalue weighted by Gasteiger charge is -2.25. The van der Waals surface area contributed by atoms with Crippen LogP contribution in [0.25, 0.3) is 0 Å². The first kappa shape index (κ1) is 25.5. The van der Waals surface area contributed by atoms with Gasteiger partial charge >= 0.3 is 0 Å². The minimum absolute atomic E-state index is 0.0666. The second-order valence-electron chi connectivity index (χ2n) is 6.82. The van der Waals surface area contributed by atoms with E-state index in [2.05, 4.69) is 20.9 Å². The van der Waals surface area contributed by atoms with Crippen molar-refractivity contribution >= 4 is 53.8 Å². The van der Waals surface area contributed by atoms with Crippen LogP contribution in [0.1, 0.15) is 11.1 Å². The van der Waals surface area contributed by atoms with Gasteiger partial charge in [0.25, 0.3) is 20.2 Å². The fraction of sp³-hybridized carbons (Fsp3) is 0.350. The van der Waals surface area contributed by atoms with Crippen LogP contribution < -0.4 is 4.90 Å². The van der Waals surface area contributed by atoms with Gasteiger partial charge in [0.15, 0.2) is 0 Å². The van der Waals surface area contributed by atoms with Crippen LogP contribution in [0.5, 0.6) is 0 Å². The van der Waals surface area contributed by atoms with E-state index in [9.17, 15) is 16.8 Å². The van der Waals surface area contributed by atoms with E-state index in [4.69, 9.17) is 8.37 Å². The third kappa shape index (κ3) is 9.92. The molecular formula is C20H25BrN2O6S2. The molecular weight excluding hydrogens is 508 g/mol. The van der Waals surface area contributed by atoms with Crippen LogP contribution in [0.2, 0.25) is 0 Å². The molecule has 0 saturated heterocycles. The van der Waals surface area contributed by atoms with Crippen LogP contribution in [0.3, 0.4) is 0 Å². The number of anilines is 1. The average molecular weight is 533 g/mol. The van der Waals surface area contributed by atoms with Gasteiger partial charge in [-0.3, -0.25) is 13.4 Å². The summed E-state index contributed by atoms with van der Waals surface area (Å²) in [4.78, 5) is 6.29. The Labute approximate surface area is 192 Å². The first-order valence-corrected chi connectivity index (χ1v) is 13.7. The molecule has 0 aliphatic heterocycles. The number of aryl methyl sites for hydroxylation is 1. The molecule has 0 unspecified atom stereocenters. The Bertz CT molecular complexity index is 1100. The minimum Gasteiger partial charge on any atom is -0.367 e. The van der Waals surface area contributed by atoms with Crippen molar-refractivity contribution in [2.24, 2.45) is 4.99 Å². The highest BCUT2D eigenvalue weighted by Gasteiger charge is 2.12. The molecule has 0 radical (unpaired) electrons. The highest BCUT2D eigenvalue weighted by molar-refractivity contribution is 9.10. The fourth-order valence-corrected chi connectivity index (χ4v) is 3.81. The molecule has 0 aliphatic rings. The maximum atomic E-state index is 11.2. The molecule has 8 nitrogen and oxygen atoms in total. The smallest absolute Gasteiger partial charge is 0.264 e. The molecule has 11 heteroatoms. The number of hydrogen-bond acceptors (Lipinski definition) is 8. The highest BCUT2D eigenvalue weighted by Crippen LogP contribution is 2.21. The van der Waals surface area contributed by atoms with Crippen LogP contribution in [0.4, 0.5) is 11.4 Å². The standard InChI is InChI=1S/C20H25BrN2O6S2/c1-16-13-20(8-7-17(16)15-22-19-6-4-5-18(21)14-19)23(9-11-28-30(2,24)25)10-12-29-31(3,26)27/h4-8,13-15H,9-12H2,1-3H3. The van der Waals surface area contributed by atoms with Crippen molar-refractivity contribution in [3.05, 3.63) is 58.1 Å². The van der Waals surface area contributed by atoms with Gasteiger partial charge in [-0.05, 0) is 48.4 Å². The highest BCUT2D eigenvalue weighted by atomic mass is 79.9. The van der Waals surface area contributed by atoms with E-state index < -0.39 is 20.2 Å². The Morgan fingerprint density at radius 2 is 1.58 bits per heavy atom. The Hall–Kier alpha value is -1.79. The monoisotopic (exact) mass is 532 g/mol. The molecule has 170 valence electrons. The molecule has 0 N–H and O–H groups in total. The number of rotatable bonds is 11. The zero-order valence-corrected chi connectivity index (χ0v) is 20.7. The van der Waals surface area contributed by atoms with Crippen molar-refractivity contribution < 1.29 is 25.2 Å². The molecule has 0 bridgehead atoms. The van der Waals surface area contributed by atoms with Crippen molar-refractivity contribution in [3.63, 3.8) is 0 Å². The van der Waals surface area contributed by atoms with Crippen molar-refractivity contribution in [1.29, 1.82) is 0 Å². The average Bonchev–Trinajstić information content (AvgIpc) is 2.64. The summed E-state index contributed by atoms with van der Waals surface area (Å²) in [6, 6.07) is 13.3. The van der Waals surface area contributed by atoms with Crippen LogP contribution in [-0.4, -0.2) is 61.9 Å². The van der Waals surface area contributed by atoms with Crippen LogP contribution in [0.15, 0.2) is 51.9 Å². The molecule has 2 rings (SSSR count). The van der Waals surface area contributed by atoms with Crippen molar-refractivity contribution in [2.75, 3.05) is 43.7 Å². The fourth-order valence-electron chi connectivity index (χ4n) is 2.67. The largest absolute Gasteiger partial charge is 0.367 e. The molecule has 0 fully saturated rings. The summed E-state index contributed by atoms with van der Waals surface area (Å²) < 4.78 is 55.6. The Balaban J connectivity index is 2.16. The topological polar surface area (TPSA) is 102 Å². The Morgan fingerprint density at radius 1 is 0.968 bits per heavy atom. The molecule has 0 heterocycles. The van der Waals surface area contributed by atoms with E-state index >= 15 is 0 Å². The van der Waals surface area contributed by atoms with Crippen LogP contribution >= 0.6 is 15.9 Å². The molecule has 0 spiro atoms. The van der Waals surface area contributed by atoms with E-state index in [0.717, 1.165) is 39.5 Å². The Kier molecular flexibility index (Phi) is 9.19. The molecule has 0 aliphatic carbocycles. The zero-order chi connectivity index (χ0) is 23.1. The van der Waals surface area contributed by atoms with Gasteiger partial charge in [0, 0.05) is 29.5 Å². The van der Waals surface area contributed by atoms with Gasteiger partial charge in [-0.1, -0.05) is 28.1 Å². The summed E-state index contributed by atoms with van der Waals surface area (Å²) in [5.74, 6) is 0. The summed E-state index contributed by atoms with van der Waals surface area (Å²) in [5, 5.41) is 0. The van der Waals surface area contributed by atoms with Crippen molar-refractivity contribution in [2.45, 2.75) is 6.92 Å². The van der Waals surface area contributed by atoms with Crippen LogP contribution in [-0.2, 0) is 28.6 Å². The minimum atomic E-state index is -3.57. The lowest BCUT2D eigenvalue weighted by molar-refractivity contribution is 0.309. The number of nitrogens with zero attached hydrogens (tertiary/aromatic N) is 2. The van der Waals surface area contributed by atoms with Gasteiger partial charge < -0.3 is 4.90 Å². The first-order valence-electron chi connectivity index (χ1n) is 9.27. The molecule has 2 aromatic rings. The number of benzene rings is 2. The van der Waals surface area contributed by atoms with Gasteiger partial charge in [-0.2, -0.15) is 16.8 Å². The second-order valence-corrected chi connectivity index (χ2v) is 11.0. The molecule has 0 aromatic heterocycles. The lowest BCUT2D eigenvalue weighted by atomic mass is 10.1. The van der Waals surface area contributed by atoms with Crippen molar-refractivity contribution in [3.8, 4) is 0 Å². The maximum absolute atomic E-state index is 11.2. The zero-order valence-electron chi connectivity index (χ0n) is 17.5. The van der Waals surface area contributed by atoms with Gasteiger partial charge in [0.1, 0.15) is 0 Å². The van der Waals surface area contributed by atoms with Gasteiger partial charge in [0.2, 0.25) is 0 Å². The number of hydrogen-bond donors (Lipinski definition) is 0. The predicted molar refractivity (Wildman–Crippen MR) is 126 cm³/mol. The molecule has 2 aromatic carbocycles. The number of halogens is 1. The molecule has 31 heavy (non-hydrogen) atoms. The molecule has 0 amide bonds. The summed E-state index contributed by atoms with van der Waals surface area (Å²) >= 11 is 3.42. The quantitative estimate of drug-likeness (QED) is 0.323. The van der Waals surface area contributed by atoms with E-state index in [1.165, 1.54) is 0 Å². The summed E-state index contributed by atoms with van der Waals surface area (Å²) in [6.07, 6.45) is 3.73. The van der Waals surface area contributed by atoms with Gasteiger partial charge in [-0.25, -0.2) is 0 Å². The maximum Gasteiger partial charge on any atom is 0.264 e. The predicted octanol–water partition coefficient (Wildman–Crippen LogP) is 3.27. The summed E-state index contributed by atoms with van der Waals surface area (Å²) in [6.45, 7) is 2.28. The third-order valence-electron chi connectivity index (χ3n) is 4.10. The van der Waals surface area contributed by atoms with E-state index in [1.54, 1.807) is 11.1 Å². The first-order chi connectivity index (χ1) is 14.4. The third-order valence-corrected chi connectivity index (χ3v) is 5.78. The van der Waals surface area contributed by atoms with E-state index in [0.29, 0.717) is 0 Å².